The molecule has 0 fully saturated rings. The normalized spacial score (nSPS) is 13.8. The number of benzene rings is 2. The van der Waals surface area contributed by atoms with Gasteiger partial charge in [-0.25, -0.2) is 8.42 Å². The summed E-state index contributed by atoms with van der Waals surface area (Å²) < 4.78 is 28.0. The molecule has 1 atom stereocenters. The molecule has 4 nitrogen and oxygen atoms in total. The lowest BCUT2D eigenvalue weighted by Gasteiger charge is -2.18. The number of nitrogens with one attached hydrogen (secondary N) is 1. The molecule has 3 N–H and O–H groups in total. The highest BCUT2D eigenvalue weighted by molar-refractivity contribution is 7.96. The first-order chi connectivity index (χ1) is 12.0. The van der Waals surface area contributed by atoms with Crippen LogP contribution in [0.4, 0.5) is 5.69 Å². The summed E-state index contributed by atoms with van der Waals surface area (Å²) in [5, 5.41) is 0. The molecule has 0 aromatic heterocycles. The summed E-state index contributed by atoms with van der Waals surface area (Å²) in [6.07, 6.45) is 5.77. The van der Waals surface area contributed by atoms with E-state index in [1.54, 1.807) is 31.2 Å². The predicted molar refractivity (Wildman–Crippen MR) is 105 cm³/mol. The van der Waals surface area contributed by atoms with Gasteiger partial charge in [-0.2, -0.15) is 0 Å². The standard InChI is InChI=1S/C20H24N2O2S/c1-3-5-13-17(4-2)25(23,24)22-19-15-10-9-14-18(19)20(21)16-11-7-6-8-12-16/h4-15,20,22H,3,21H2,1-2H3. The van der Waals surface area contributed by atoms with Crippen molar-refractivity contribution >= 4 is 15.7 Å². The molecule has 0 aliphatic heterocycles. The number of rotatable bonds is 7. The Kier molecular flexibility index (Phi) is 6.56. The summed E-state index contributed by atoms with van der Waals surface area (Å²) in [6.45, 7) is 3.66. The zero-order chi connectivity index (χ0) is 18.3. The number of sulfonamides is 1. The van der Waals surface area contributed by atoms with Crippen LogP contribution >= 0.6 is 0 Å². The molecule has 5 heteroatoms. The molecule has 0 spiro atoms. The van der Waals surface area contributed by atoms with Crippen LogP contribution in [-0.2, 0) is 10.0 Å². The smallest absolute Gasteiger partial charge is 0.261 e. The highest BCUT2D eigenvalue weighted by Crippen LogP contribution is 2.28. The first-order valence-electron chi connectivity index (χ1n) is 8.24. The molecule has 0 aliphatic carbocycles. The van der Waals surface area contributed by atoms with Gasteiger partial charge >= 0.3 is 0 Å². The zero-order valence-electron chi connectivity index (χ0n) is 14.5. The van der Waals surface area contributed by atoms with Crippen LogP contribution in [0.2, 0.25) is 0 Å². The van der Waals surface area contributed by atoms with Gasteiger partial charge in [0.05, 0.1) is 16.6 Å². The Morgan fingerprint density at radius 3 is 2.40 bits per heavy atom. The van der Waals surface area contributed by atoms with Gasteiger partial charge < -0.3 is 5.73 Å². The van der Waals surface area contributed by atoms with Gasteiger partial charge in [-0.3, -0.25) is 4.72 Å². The number of allylic oxidation sites excluding steroid dienone is 3. The Hall–Kier alpha value is -2.37. The van der Waals surface area contributed by atoms with Gasteiger partial charge in [0.2, 0.25) is 0 Å². The maximum absolute atomic E-state index is 12.7. The lowest BCUT2D eigenvalue weighted by molar-refractivity contribution is 0.607. The first-order valence-corrected chi connectivity index (χ1v) is 9.73. The van der Waals surface area contributed by atoms with Crippen LogP contribution in [0.3, 0.4) is 0 Å². The Morgan fingerprint density at radius 1 is 1.12 bits per heavy atom. The fraction of sp³-hybridized carbons (Fsp3) is 0.200. The van der Waals surface area contributed by atoms with E-state index in [0.29, 0.717) is 5.69 Å². The summed E-state index contributed by atoms with van der Waals surface area (Å²) >= 11 is 0. The van der Waals surface area contributed by atoms with E-state index in [4.69, 9.17) is 5.73 Å². The average molecular weight is 356 g/mol. The minimum absolute atomic E-state index is 0.234. The molecule has 132 valence electrons. The number of para-hydroxylation sites is 1. The minimum atomic E-state index is -3.67. The van der Waals surface area contributed by atoms with Crippen molar-refractivity contribution in [3.63, 3.8) is 0 Å². The number of anilines is 1. The van der Waals surface area contributed by atoms with Gasteiger partial charge in [-0.15, -0.1) is 0 Å². The summed E-state index contributed by atoms with van der Waals surface area (Å²) in [6, 6.07) is 16.4. The van der Waals surface area contributed by atoms with Gasteiger partial charge in [0, 0.05) is 0 Å². The summed E-state index contributed by atoms with van der Waals surface area (Å²) in [7, 11) is -3.67. The third kappa shape index (κ3) is 4.81. The lowest BCUT2D eigenvalue weighted by Crippen LogP contribution is -2.19. The van der Waals surface area contributed by atoms with E-state index in [1.807, 2.05) is 55.5 Å². The lowest BCUT2D eigenvalue weighted by atomic mass is 9.98. The molecule has 0 heterocycles. The molecule has 2 rings (SSSR count). The summed E-state index contributed by atoms with van der Waals surface area (Å²) in [5.41, 5.74) is 8.50. The van der Waals surface area contributed by atoms with E-state index in [0.717, 1.165) is 17.5 Å². The van der Waals surface area contributed by atoms with Crippen molar-refractivity contribution in [1.82, 2.24) is 0 Å². The van der Waals surface area contributed by atoms with Gasteiger partial charge in [-0.05, 0) is 36.6 Å². The third-order valence-electron chi connectivity index (χ3n) is 3.81. The van der Waals surface area contributed by atoms with Crippen LogP contribution < -0.4 is 10.5 Å². The fourth-order valence-electron chi connectivity index (χ4n) is 2.48. The first kappa shape index (κ1) is 19.0. The quantitative estimate of drug-likeness (QED) is 0.725. The molecular formula is C20H24N2O2S. The Labute approximate surface area is 150 Å². The number of hydrogen-bond donors (Lipinski definition) is 2. The van der Waals surface area contributed by atoms with Gasteiger partial charge in [0.1, 0.15) is 0 Å². The monoisotopic (exact) mass is 356 g/mol. The summed E-state index contributed by atoms with van der Waals surface area (Å²) in [5.74, 6) is 0. The van der Waals surface area contributed by atoms with Crippen LogP contribution in [0.5, 0.6) is 0 Å². The maximum atomic E-state index is 12.7. The van der Waals surface area contributed by atoms with Crippen LogP contribution in [0.15, 0.2) is 77.7 Å². The Balaban J connectivity index is 2.37. The van der Waals surface area contributed by atoms with Gasteiger partial charge in [-0.1, -0.05) is 67.6 Å². The highest BCUT2D eigenvalue weighted by atomic mass is 32.2. The molecule has 0 bridgehead atoms. The van der Waals surface area contributed by atoms with E-state index in [1.165, 1.54) is 0 Å². The van der Waals surface area contributed by atoms with Crippen molar-refractivity contribution in [2.24, 2.45) is 5.73 Å². The maximum Gasteiger partial charge on any atom is 0.261 e. The van der Waals surface area contributed by atoms with E-state index in [2.05, 4.69) is 4.72 Å². The zero-order valence-corrected chi connectivity index (χ0v) is 15.3. The molecule has 1 unspecified atom stereocenters. The molecule has 0 radical (unpaired) electrons. The topological polar surface area (TPSA) is 72.2 Å². The van der Waals surface area contributed by atoms with Gasteiger partial charge in [0.15, 0.2) is 0 Å². The second-order valence-electron chi connectivity index (χ2n) is 5.58. The van der Waals surface area contributed by atoms with Crippen LogP contribution in [0.25, 0.3) is 0 Å². The molecular weight excluding hydrogens is 332 g/mol. The van der Waals surface area contributed by atoms with Crippen molar-refractivity contribution in [2.75, 3.05) is 4.72 Å². The largest absolute Gasteiger partial charge is 0.320 e. The minimum Gasteiger partial charge on any atom is -0.320 e. The Bertz CT molecular complexity index is 856. The molecule has 2 aromatic rings. The SMILES string of the molecule is CC=C(C=CCC)S(=O)(=O)Nc1ccccc1C(N)c1ccccc1. The van der Waals surface area contributed by atoms with Crippen molar-refractivity contribution in [1.29, 1.82) is 0 Å². The second kappa shape index (κ2) is 8.65. The molecule has 0 amide bonds. The number of hydrogen-bond acceptors (Lipinski definition) is 3. The molecule has 0 saturated carbocycles. The van der Waals surface area contributed by atoms with Crippen molar-refractivity contribution in [3.8, 4) is 0 Å². The van der Waals surface area contributed by atoms with Crippen molar-refractivity contribution in [3.05, 3.63) is 88.9 Å². The average Bonchev–Trinajstić information content (AvgIpc) is 2.62. The molecule has 0 aliphatic rings. The second-order valence-corrected chi connectivity index (χ2v) is 7.27. The Morgan fingerprint density at radius 2 is 1.76 bits per heavy atom. The molecule has 2 aromatic carbocycles. The fourth-order valence-corrected chi connectivity index (χ4v) is 3.66. The van der Waals surface area contributed by atoms with E-state index >= 15 is 0 Å². The van der Waals surface area contributed by atoms with E-state index in [9.17, 15) is 8.42 Å². The number of nitrogens with two attached hydrogens (primary N) is 1. The van der Waals surface area contributed by atoms with Crippen LogP contribution in [0.1, 0.15) is 37.4 Å². The molecule has 0 saturated heterocycles. The van der Waals surface area contributed by atoms with Crippen molar-refractivity contribution < 1.29 is 8.42 Å². The van der Waals surface area contributed by atoms with E-state index in [-0.39, 0.29) is 4.91 Å². The predicted octanol–water partition coefficient (Wildman–Crippen LogP) is 4.35. The van der Waals surface area contributed by atoms with Crippen LogP contribution in [-0.4, -0.2) is 8.42 Å². The highest BCUT2D eigenvalue weighted by Gasteiger charge is 2.19. The third-order valence-corrected chi connectivity index (χ3v) is 5.29. The van der Waals surface area contributed by atoms with Gasteiger partial charge in [0.25, 0.3) is 10.0 Å². The summed E-state index contributed by atoms with van der Waals surface area (Å²) in [4.78, 5) is 0.234. The van der Waals surface area contributed by atoms with E-state index < -0.39 is 16.1 Å². The van der Waals surface area contributed by atoms with Crippen LogP contribution in [0, 0.1) is 0 Å². The molecule has 25 heavy (non-hydrogen) atoms. The van der Waals surface area contributed by atoms with Crippen molar-refractivity contribution in [2.45, 2.75) is 26.3 Å².